The van der Waals surface area contributed by atoms with Crippen LogP contribution in [0.2, 0.25) is 0 Å². The Morgan fingerprint density at radius 3 is 2.82 bits per heavy atom. The van der Waals surface area contributed by atoms with Gasteiger partial charge in [0, 0.05) is 19.7 Å². The van der Waals surface area contributed by atoms with Gasteiger partial charge in [0.25, 0.3) is 0 Å². The molecule has 0 bridgehead atoms. The van der Waals surface area contributed by atoms with E-state index in [2.05, 4.69) is 4.52 Å². The van der Waals surface area contributed by atoms with Crippen molar-refractivity contribution >= 4 is 15.7 Å². The first-order valence-corrected chi connectivity index (χ1v) is 7.15. The van der Waals surface area contributed by atoms with Gasteiger partial charge in [0.15, 0.2) is 0 Å². The second-order valence-electron chi connectivity index (χ2n) is 4.35. The molecular weight excluding hydrogens is 246 g/mol. The van der Waals surface area contributed by atoms with Crippen LogP contribution in [0.1, 0.15) is 20.3 Å². The van der Waals surface area contributed by atoms with Crippen molar-refractivity contribution in [3.63, 3.8) is 0 Å². The Morgan fingerprint density at radius 1 is 1.65 bits per heavy atom. The van der Waals surface area contributed by atoms with Crippen molar-refractivity contribution in [3.8, 4) is 0 Å². The van der Waals surface area contributed by atoms with Gasteiger partial charge < -0.3 is 14.4 Å². The van der Waals surface area contributed by atoms with Crippen molar-refractivity contribution in [2.24, 2.45) is 0 Å². The van der Waals surface area contributed by atoms with Crippen LogP contribution in [-0.2, 0) is 23.1 Å². The van der Waals surface area contributed by atoms with E-state index in [1.807, 2.05) is 14.8 Å². The second kappa shape index (κ2) is 5.82. The van der Waals surface area contributed by atoms with E-state index in [1.54, 1.807) is 6.92 Å². The molecule has 0 aliphatic carbocycles. The number of phosphoric acid groups is 1. The first kappa shape index (κ1) is 15.2. The topological polar surface area (TPSA) is 74.2 Å². The minimum absolute atomic E-state index is 0.0395. The number of ether oxygens (including phenoxy) is 2. The Bertz CT molecular complexity index is 301. The molecule has 1 saturated heterocycles. The summed E-state index contributed by atoms with van der Waals surface area (Å²) in [6.45, 7) is 4.51. The molecule has 0 saturated carbocycles. The lowest BCUT2D eigenvalue weighted by Gasteiger charge is -2.30. The quantitative estimate of drug-likeness (QED) is 0.550. The van der Waals surface area contributed by atoms with Crippen molar-refractivity contribution in [2.75, 3.05) is 20.3 Å². The van der Waals surface area contributed by atoms with Gasteiger partial charge in [-0.3, -0.25) is 9.05 Å². The highest BCUT2D eigenvalue weighted by Gasteiger charge is 2.48. The maximum absolute atomic E-state index is 11.5. The van der Waals surface area contributed by atoms with Gasteiger partial charge in [-0.2, -0.15) is 0 Å². The summed E-state index contributed by atoms with van der Waals surface area (Å²) in [5.74, 6) is 0. The fourth-order valence-electron chi connectivity index (χ4n) is 2.01. The molecule has 1 N–H and O–H groups in total. The highest BCUT2D eigenvalue weighted by molar-refractivity contribution is 7.47. The highest BCUT2D eigenvalue weighted by atomic mass is 31.2. The normalized spacial score (nSPS) is 36.9. The Morgan fingerprint density at radius 2 is 2.29 bits per heavy atom. The van der Waals surface area contributed by atoms with Crippen LogP contribution in [0, 0.1) is 0 Å². The fourth-order valence-corrected chi connectivity index (χ4v) is 2.81. The summed E-state index contributed by atoms with van der Waals surface area (Å²) in [4.78, 5) is 9.39. The monoisotopic (exact) mass is 266 g/mol. The van der Waals surface area contributed by atoms with Gasteiger partial charge in [0.1, 0.15) is 19.6 Å². The van der Waals surface area contributed by atoms with Gasteiger partial charge in [0.2, 0.25) is 0 Å². The number of phosphoric ester groups is 1. The molecule has 1 fully saturated rings. The standard InChI is InChI=1S/C9H20BO6P/c1-4-14-6-7-9(2,5-8(10)15-7)16-17(11,12)13-3/h7-8H,4-6,10H2,1-3H3,(H,11,12)/t7-,8-,9+/m1/s1. The van der Waals surface area contributed by atoms with Crippen molar-refractivity contribution < 1.29 is 28.0 Å². The van der Waals surface area contributed by atoms with Gasteiger partial charge in [-0.15, -0.1) is 0 Å². The molecule has 17 heavy (non-hydrogen) atoms. The molecule has 1 aliphatic heterocycles. The Kier molecular flexibility index (Phi) is 5.19. The number of hydrogen-bond donors (Lipinski definition) is 1. The van der Waals surface area contributed by atoms with E-state index in [0.717, 1.165) is 7.11 Å². The van der Waals surface area contributed by atoms with Crippen molar-refractivity contribution in [2.45, 2.75) is 38.0 Å². The van der Waals surface area contributed by atoms with Crippen LogP contribution in [0.3, 0.4) is 0 Å². The van der Waals surface area contributed by atoms with Gasteiger partial charge in [-0.25, -0.2) is 4.57 Å². The number of hydrogen-bond acceptors (Lipinski definition) is 5. The fraction of sp³-hybridized carbons (Fsp3) is 1.00. The molecule has 0 spiro atoms. The maximum Gasteiger partial charge on any atom is 0.472 e. The third-order valence-corrected chi connectivity index (χ3v) is 3.91. The zero-order valence-corrected chi connectivity index (χ0v) is 11.6. The van der Waals surface area contributed by atoms with Crippen molar-refractivity contribution in [3.05, 3.63) is 0 Å². The second-order valence-corrected chi connectivity index (χ2v) is 5.84. The summed E-state index contributed by atoms with van der Waals surface area (Å²) in [5.41, 5.74) is -0.866. The zero-order valence-electron chi connectivity index (χ0n) is 10.7. The van der Waals surface area contributed by atoms with Gasteiger partial charge in [0.05, 0.1) is 6.61 Å². The average Bonchev–Trinajstić information content (AvgIpc) is 2.49. The molecule has 0 aromatic rings. The van der Waals surface area contributed by atoms with Crippen LogP contribution < -0.4 is 0 Å². The molecule has 4 atom stereocenters. The first-order chi connectivity index (χ1) is 7.83. The van der Waals surface area contributed by atoms with E-state index < -0.39 is 13.4 Å². The lowest BCUT2D eigenvalue weighted by molar-refractivity contribution is -0.0679. The predicted octanol–water partition coefficient (Wildman–Crippen LogP) is 0.293. The van der Waals surface area contributed by atoms with E-state index >= 15 is 0 Å². The van der Waals surface area contributed by atoms with Gasteiger partial charge in [-0.05, 0) is 20.3 Å². The van der Waals surface area contributed by atoms with E-state index in [0.29, 0.717) is 19.6 Å². The van der Waals surface area contributed by atoms with Crippen LogP contribution in [0.4, 0.5) is 0 Å². The number of rotatable bonds is 6. The van der Waals surface area contributed by atoms with E-state index in [1.165, 1.54) is 0 Å². The molecule has 6 nitrogen and oxygen atoms in total. The van der Waals surface area contributed by atoms with Crippen LogP contribution in [0.15, 0.2) is 0 Å². The first-order valence-electron chi connectivity index (χ1n) is 5.65. The van der Waals surface area contributed by atoms with Crippen molar-refractivity contribution in [1.82, 2.24) is 0 Å². The molecule has 1 heterocycles. The molecule has 0 aromatic carbocycles. The molecule has 100 valence electrons. The van der Waals surface area contributed by atoms with E-state index in [4.69, 9.17) is 14.0 Å². The Labute approximate surface area is 103 Å². The van der Waals surface area contributed by atoms with Crippen LogP contribution >= 0.6 is 7.82 Å². The molecule has 0 amide bonds. The third kappa shape index (κ3) is 4.05. The molecule has 8 heteroatoms. The molecule has 1 rings (SSSR count). The largest absolute Gasteiger partial charge is 0.472 e. The predicted molar refractivity (Wildman–Crippen MR) is 64.6 cm³/mol. The lowest BCUT2D eigenvalue weighted by Crippen LogP contribution is -2.40. The minimum Gasteiger partial charge on any atom is -0.379 e. The summed E-state index contributed by atoms with van der Waals surface area (Å²) >= 11 is 0. The van der Waals surface area contributed by atoms with Crippen molar-refractivity contribution in [1.29, 1.82) is 0 Å². The molecule has 0 radical (unpaired) electrons. The molecule has 1 unspecified atom stereocenters. The molecular formula is C9H20BO6P. The summed E-state index contributed by atoms with van der Waals surface area (Å²) in [5, 5.41) is 0. The Hall–Kier alpha value is 0.0949. The van der Waals surface area contributed by atoms with Gasteiger partial charge in [-0.1, -0.05) is 0 Å². The van der Waals surface area contributed by atoms with E-state index in [-0.39, 0.29) is 12.1 Å². The maximum atomic E-state index is 11.5. The van der Waals surface area contributed by atoms with E-state index in [9.17, 15) is 9.46 Å². The smallest absolute Gasteiger partial charge is 0.379 e. The summed E-state index contributed by atoms with van der Waals surface area (Å²) in [7, 11) is -0.988. The highest BCUT2D eigenvalue weighted by Crippen LogP contribution is 2.50. The summed E-state index contributed by atoms with van der Waals surface area (Å²) < 4.78 is 32.1. The molecule has 1 aliphatic rings. The lowest BCUT2D eigenvalue weighted by atomic mass is 9.89. The SMILES string of the molecule is B[C@H]1C[C@](C)(OP(=O)(O)OC)[C@@H](COCC)O1. The third-order valence-electron chi connectivity index (χ3n) is 2.80. The summed E-state index contributed by atoms with van der Waals surface area (Å²) in [6.07, 6.45) is 0.159. The Balaban J connectivity index is 2.72. The minimum atomic E-state index is -4.02. The van der Waals surface area contributed by atoms with Crippen LogP contribution in [0.25, 0.3) is 0 Å². The zero-order chi connectivity index (χ0) is 13.1. The average molecular weight is 266 g/mol. The van der Waals surface area contributed by atoms with Gasteiger partial charge >= 0.3 is 7.82 Å². The van der Waals surface area contributed by atoms with Crippen LogP contribution in [0.5, 0.6) is 0 Å². The molecule has 0 aromatic heterocycles. The summed E-state index contributed by atoms with van der Waals surface area (Å²) in [6, 6.07) is -0.0395. The van der Waals surface area contributed by atoms with Crippen LogP contribution in [-0.4, -0.2) is 50.8 Å².